The minimum atomic E-state index is -0.517. The van der Waals surface area contributed by atoms with Crippen LogP contribution in [0.4, 0.5) is 11.5 Å². The molecule has 17 heavy (non-hydrogen) atoms. The minimum absolute atomic E-state index is 0.271. The van der Waals surface area contributed by atoms with Crippen molar-refractivity contribution in [3.8, 4) is 0 Å². The molecular formula is C12H18N4O. The third-order valence-electron chi connectivity index (χ3n) is 3.11. The summed E-state index contributed by atoms with van der Waals surface area (Å²) in [6.07, 6.45) is 2.36. The van der Waals surface area contributed by atoms with Crippen LogP contribution in [0.1, 0.15) is 30.3 Å². The fourth-order valence-electron chi connectivity index (χ4n) is 2.23. The molecule has 0 bridgehead atoms. The number of nitrogens with two attached hydrogens (primary N) is 2. The second-order valence-corrected chi connectivity index (χ2v) is 4.67. The molecule has 92 valence electrons. The second kappa shape index (κ2) is 4.61. The van der Waals surface area contributed by atoms with Crippen molar-refractivity contribution in [2.24, 2.45) is 11.7 Å². The molecule has 1 unspecified atom stereocenters. The first-order valence-electron chi connectivity index (χ1n) is 5.89. The SMILES string of the molecule is CC1CCCN(c2nc(C(N)=O)ccc2N)C1. The van der Waals surface area contributed by atoms with Crippen LogP contribution in [0.3, 0.4) is 0 Å². The van der Waals surface area contributed by atoms with Crippen molar-refractivity contribution in [2.75, 3.05) is 23.7 Å². The van der Waals surface area contributed by atoms with Crippen LogP contribution in [0, 0.1) is 5.92 Å². The largest absolute Gasteiger partial charge is 0.396 e. The monoisotopic (exact) mass is 234 g/mol. The van der Waals surface area contributed by atoms with Gasteiger partial charge in [-0.25, -0.2) is 4.98 Å². The Morgan fingerprint density at radius 1 is 1.53 bits per heavy atom. The van der Waals surface area contributed by atoms with Crippen molar-refractivity contribution in [3.63, 3.8) is 0 Å². The Labute approximate surface area is 101 Å². The molecule has 0 aliphatic carbocycles. The van der Waals surface area contributed by atoms with Crippen molar-refractivity contribution in [1.82, 2.24) is 4.98 Å². The predicted octanol–water partition coefficient (Wildman–Crippen LogP) is 0.999. The molecule has 1 aromatic rings. The molecule has 0 aromatic carbocycles. The molecule has 1 fully saturated rings. The molecule has 2 rings (SSSR count). The Kier molecular flexibility index (Phi) is 3.17. The summed E-state index contributed by atoms with van der Waals surface area (Å²) in [5, 5.41) is 0. The smallest absolute Gasteiger partial charge is 0.267 e. The van der Waals surface area contributed by atoms with E-state index in [0.29, 0.717) is 17.4 Å². The molecule has 5 nitrogen and oxygen atoms in total. The summed E-state index contributed by atoms with van der Waals surface area (Å²) < 4.78 is 0. The Bertz CT molecular complexity index is 433. The van der Waals surface area contributed by atoms with Gasteiger partial charge in [0.2, 0.25) is 0 Å². The number of hydrogen-bond donors (Lipinski definition) is 2. The average molecular weight is 234 g/mol. The minimum Gasteiger partial charge on any atom is -0.396 e. The quantitative estimate of drug-likeness (QED) is 0.799. The van der Waals surface area contributed by atoms with Gasteiger partial charge in [0.25, 0.3) is 5.91 Å². The van der Waals surface area contributed by atoms with Gasteiger partial charge in [-0.1, -0.05) is 6.92 Å². The van der Waals surface area contributed by atoms with Gasteiger partial charge in [0.1, 0.15) is 5.69 Å². The van der Waals surface area contributed by atoms with Gasteiger partial charge in [-0.3, -0.25) is 4.79 Å². The van der Waals surface area contributed by atoms with Crippen molar-refractivity contribution in [1.29, 1.82) is 0 Å². The number of amides is 1. The molecule has 4 N–H and O–H groups in total. The standard InChI is InChI=1S/C12H18N4O/c1-8-3-2-6-16(7-8)12-9(13)4-5-10(15-12)11(14)17/h4-5,8H,2-3,6-7,13H2,1H3,(H2,14,17). The molecule has 1 atom stereocenters. The Hall–Kier alpha value is -1.78. The van der Waals surface area contributed by atoms with Gasteiger partial charge in [-0.2, -0.15) is 0 Å². The molecule has 1 amide bonds. The predicted molar refractivity (Wildman–Crippen MR) is 67.8 cm³/mol. The number of nitrogens with zero attached hydrogens (tertiary/aromatic N) is 2. The van der Waals surface area contributed by atoms with E-state index in [0.717, 1.165) is 19.5 Å². The highest BCUT2D eigenvalue weighted by Crippen LogP contribution is 2.26. The zero-order valence-electron chi connectivity index (χ0n) is 10.0. The first-order chi connectivity index (χ1) is 8.08. The number of carbonyl (C=O) groups excluding carboxylic acids is 1. The molecule has 1 aliphatic rings. The lowest BCUT2D eigenvalue weighted by molar-refractivity contribution is 0.0995. The molecule has 5 heteroatoms. The number of nitrogen functional groups attached to an aromatic ring is 1. The summed E-state index contributed by atoms with van der Waals surface area (Å²) in [7, 11) is 0. The molecule has 1 aliphatic heterocycles. The number of primary amides is 1. The normalized spacial score (nSPS) is 20.3. The van der Waals surface area contributed by atoms with Crippen molar-refractivity contribution >= 4 is 17.4 Å². The van der Waals surface area contributed by atoms with Gasteiger partial charge < -0.3 is 16.4 Å². The molecule has 0 radical (unpaired) electrons. The van der Waals surface area contributed by atoms with E-state index in [-0.39, 0.29) is 5.69 Å². The summed E-state index contributed by atoms with van der Waals surface area (Å²) >= 11 is 0. The summed E-state index contributed by atoms with van der Waals surface area (Å²) in [4.78, 5) is 17.5. The van der Waals surface area contributed by atoms with Crippen LogP contribution < -0.4 is 16.4 Å². The number of hydrogen-bond acceptors (Lipinski definition) is 4. The maximum absolute atomic E-state index is 11.1. The van der Waals surface area contributed by atoms with Gasteiger partial charge in [0, 0.05) is 13.1 Å². The van der Waals surface area contributed by atoms with Gasteiger partial charge in [0.05, 0.1) is 5.69 Å². The maximum Gasteiger partial charge on any atom is 0.267 e. The third-order valence-corrected chi connectivity index (χ3v) is 3.11. The van der Waals surface area contributed by atoms with E-state index in [4.69, 9.17) is 11.5 Å². The van der Waals surface area contributed by atoms with Crippen LogP contribution in [-0.4, -0.2) is 24.0 Å². The maximum atomic E-state index is 11.1. The van der Waals surface area contributed by atoms with Crippen LogP contribution in [0.5, 0.6) is 0 Å². The van der Waals surface area contributed by atoms with Crippen LogP contribution >= 0.6 is 0 Å². The fourth-order valence-corrected chi connectivity index (χ4v) is 2.23. The highest BCUT2D eigenvalue weighted by molar-refractivity contribution is 5.91. The highest BCUT2D eigenvalue weighted by atomic mass is 16.1. The summed E-state index contributed by atoms with van der Waals surface area (Å²) in [5.74, 6) is 0.798. The van der Waals surface area contributed by atoms with Crippen molar-refractivity contribution in [3.05, 3.63) is 17.8 Å². The van der Waals surface area contributed by atoms with Gasteiger partial charge in [-0.05, 0) is 30.9 Å². The zero-order chi connectivity index (χ0) is 12.4. The number of pyridine rings is 1. The lowest BCUT2D eigenvalue weighted by atomic mass is 10.0. The Balaban J connectivity index is 2.29. The van der Waals surface area contributed by atoms with Crippen LogP contribution in [-0.2, 0) is 0 Å². The van der Waals surface area contributed by atoms with E-state index in [1.165, 1.54) is 6.42 Å². The summed E-state index contributed by atoms with van der Waals surface area (Å²) in [6, 6.07) is 3.26. The molecular weight excluding hydrogens is 216 g/mol. The Morgan fingerprint density at radius 3 is 2.94 bits per heavy atom. The summed E-state index contributed by atoms with van der Waals surface area (Å²) in [5.41, 5.74) is 12.0. The van der Waals surface area contributed by atoms with E-state index < -0.39 is 5.91 Å². The van der Waals surface area contributed by atoms with Gasteiger partial charge >= 0.3 is 0 Å². The average Bonchev–Trinajstić information content (AvgIpc) is 2.29. The molecule has 0 spiro atoms. The van der Waals surface area contributed by atoms with E-state index in [2.05, 4.69) is 16.8 Å². The number of anilines is 2. The van der Waals surface area contributed by atoms with E-state index in [9.17, 15) is 4.79 Å². The lowest BCUT2D eigenvalue weighted by Gasteiger charge is -2.32. The lowest BCUT2D eigenvalue weighted by Crippen LogP contribution is -2.35. The number of aromatic nitrogens is 1. The van der Waals surface area contributed by atoms with E-state index >= 15 is 0 Å². The van der Waals surface area contributed by atoms with E-state index in [1.54, 1.807) is 12.1 Å². The second-order valence-electron chi connectivity index (χ2n) is 4.67. The molecule has 1 aromatic heterocycles. The van der Waals surface area contributed by atoms with Crippen molar-refractivity contribution in [2.45, 2.75) is 19.8 Å². The van der Waals surface area contributed by atoms with Crippen LogP contribution in [0.25, 0.3) is 0 Å². The number of piperidine rings is 1. The topological polar surface area (TPSA) is 85.2 Å². The summed E-state index contributed by atoms with van der Waals surface area (Å²) in [6.45, 7) is 4.07. The van der Waals surface area contributed by atoms with Gasteiger partial charge in [0.15, 0.2) is 5.82 Å². The van der Waals surface area contributed by atoms with Crippen molar-refractivity contribution < 1.29 is 4.79 Å². The molecule has 2 heterocycles. The fraction of sp³-hybridized carbons (Fsp3) is 0.500. The number of rotatable bonds is 2. The first kappa shape index (κ1) is 11.7. The Morgan fingerprint density at radius 2 is 2.29 bits per heavy atom. The number of carbonyl (C=O) groups is 1. The van der Waals surface area contributed by atoms with E-state index in [1.807, 2.05) is 0 Å². The zero-order valence-corrected chi connectivity index (χ0v) is 10.0. The third kappa shape index (κ3) is 2.49. The highest BCUT2D eigenvalue weighted by Gasteiger charge is 2.20. The first-order valence-corrected chi connectivity index (χ1v) is 5.89. The molecule has 1 saturated heterocycles. The van der Waals surface area contributed by atoms with Crippen LogP contribution in [0.15, 0.2) is 12.1 Å². The van der Waals surface area contributed by atoms with Gasteiger partial charge in [-0.15, -0.1) is 0 Å². The van der Waals surface area contributed by atoms with Crippen LogP contribution in [0.2, 0.25) is 0 Å². The molecule has 0 saturated carbocycles.